The summed E-state index contributed by atoms with van der Waals surface area (Å²) in [6.07, 6.45) is 1.55. The average molecular weight is 465 g/mol. The lowest BCUT2D eigenvalue weighted by Crippen LogP contribution is -2.22. The molecule has 7 nitrogen and oxygen atoms in total. The summed E-state index contributed by atoms with van der Waals surface area (Å²) in [6.45, 7) is 2.34. The number of halogens is 1. The van der Waals surface area contributed by atoms with E-state index >= 15 is 0 Å². The fraction of sp³-hybridized carbons (Fsp3) is 0.200. The summed E-state index contributed by atoms with van der Waals surface area (Å²) in [5.74, 6) is 0.804. The summed E-state index contributed by atoms with van der Waals surface area (Å²) in [7, 11) is 1.58. The molecule has 0 radical (unpaired) electrons. The van der Waals surface area contributed by atoms with E-state index in [1.807, 2.05) is 13.0 Å². The maximum absolute atomic E-state index is 12.3. The van der Waals surface area contributed by atoms with Crippen molar-refractivity contribution in [3.63, 3.8) is 0 Å². The molecule has 3 rings (SSSR count). The molecule has 1 fully saturated rings. The lowest BCUT2D eigenvalue weighted by atomic mass is 10.1. The van der Waals surface area contributed by atoms with Crippen molar-refractivity contribution in [2.75, 3.05) is 20.3 Å². The third-order valence-corrected chi connectivity index (χ3v) is 6.13. The monoisotopic (exact) mass is 464 g/mol. The number of non-ortho nitro benzene ring substituents is 1. The van der Waals surface area contributed by atoms with Crippen LogP contribution in [-0.4, -0.2) is 40.3 Å². The Balaban J connectivity index is 1.74. The van der Waals surface area contributed by atoms with Gasteiger partial charge in [-0.15, -0.1) is 0 Å². The summed E-state index contributed by atoms with van der Waals surface area (Å²) >= 11 is 12.3. The highest BCUT2D eigenvalue weighted by Gasteiger charge is 2.29. The first-order valence-corrected chi connectivity index (χ1v) is 10.4. The minimum atomic E-state index is -0.502. The van der Waals surface area contributed by atoms with Crippen molar-refractivity contribution in [1.29, 1.82) is 0 Å². The largest absolute Gasteiger partial charge is 0.490 e. The minimum absolute atomic E-state index is 0.103. The number of thiocarbonyl (C=S) groups is 1. The van der Waals surface area contributed by atoms with Crippen molar-refractivity contribution < 1.29 is 19.2 Å². The third kappa shape index (κ3) is 5.10. The molecule has 1 saturated heterocycles. The van der Waals surface area contributed by atoms with Crippen LogP contribution in [-0.2, 0) is 4.79 Å². The highest BCUT2D eigenvalue weighted by atomic mass is 35.5. The van der Waals surface area contributed by atoms with Crippen LogP contribution < -0.4 is 9.47 Å². The van der Waals surface area contributed by atoms with Crippen molar-refractivity contribution in [3.8, 4) is 11.5 Å². The van der Waals surface area contributed by atoms with Crippen LogP contribution in [0.3, 0.4) is 0 Å². The van der Waals surface area contributed by atoms with E-state index in [1.54, 1.807) is 25.3 Å². The molecule has 2 aromatic rings. The van der Waals surface area contributed by atoms with E-state index in [1.165, 1.54) is 23.1 Å². The molecule has 0 aliphatic carbocycles. The SMILES string of the molecule is Cc1cc(OCCOc2ccc([N+](=O)[O-])cc2C=C2SC(=S)N(C)C2=O)ccc1Cl. The van der Waals surface area contributed by atoms with E-state index in [-0.39, 0.29) is 24.8 Å². The fourth-order valence-electron chi connectivity index (χ4n) is 2.60. The molecule has 0 N–H and O–H groups in total. The number of nitro benzene ring substituents is 1. The van der Waals surface area contributed by atoms with E-state index in [0.717, 1.165) is 17.3 Å². The van der Waals surface area contributed by atoms with Gasteiger partial charge in [0, 0.05) is 29.8 Å². The van der Waals surface area contributed by atoms with Crippen LogP contribution in [0.4, 0.5) is 5.69 Å². The molecule has 0 saturated carbocycles. The van der Waals surface area contributed by atoms with Gasteiger partial charge in [0.2, 0.25) is 0 Å². The van der Waals surface area contributed by atoms with E-state index in [0.29, 0.717) is 31.3 Å². The predicted octanol–water partition coefficient (Wildman–Crippen LogP) is 4.85. The first-order valence-electron chi connectivity index (χ1n) is 8.78. The van der Waals surface area contributed by atoms with E-state index < -0.39 is 4.92 Å². The number of amides is 1. The van der Waals surface area contributed by atoms with Crippen LogP contribution >= 0.6 is 35.6 Å². The molecule has 1 heterocycles. The van der Waals surface area contributed by atoms with Crippen LogP contribution in [0.15, 0.2) is 41.3 Å². The second kappa shape index (κ2) is 9.46. The molecule has 1 aliphatic heterocycles. The third-order valence-electron chi connectivity index (χ3n) is 4.22. The molecule has 1 amide bonds. The van der Waals surface area contributed by atoms with Gasteiger partial charge < -0.3 is 9.47 Å². The molecule has 156 valence electrons. The van der Waals surface area contributed by atoms with Crippen LogP contribution in [0, 0.1) is 17.0 Å². The molecule has 30 heavy (non-hydrogen) atoms. The van der Waals surface area contributed by atoms with Crippen molar-refractivity contribution in [3.05, 3.63) is 67.6 Å². The number of ether oxygens (including phenoxy) is 2. The highest BCUT2D eigenvalue weighted by molar-refractivity contribution is 8.26. The number of nitrogens with zero attached hydrogens (tertiary/aromatic N) is 2. The number of carbonyl (C=O) groups excluding carboxylic acids is 1. The molecular weight excluding hydrogens is 448 g/mol. The summed E-state index contributed by atoms with van der Waals surface area (Å²) < 4.78 is 11.8. The standard InChI is InChI=1S/C20H17ClN2O5S2/c1-12-9-15(4-5-16(12)21)27-7-8-28-17-6-3-14(23(25)26)10-13(17)11-18-19(24)22(2)20(29)30-18/h3-6,9-11H,7-8H2,1-2H3. The number of likely N-dealkylation sites (N-methyl/N-ethyl adjacent to an activating group) is 1. The Labute approximate surface area is 187 Å². The molecular formula is C20H17ClN2O5S2. The van der Waals surface area contributed by atoms with E-state index in [4.69, 9.17) is 33.3 Å². The Hall–Kier alpha value is -2.62. The Bertz CT molecular complexity index is 1060. The van der Waals surface area contributed by atoms with Gasteiger partial charge in [0.1, 0.15) is 29.0 Å². The van der Waals surface area contributed by atoms with Gasteiger partial charge in [-0.2, -0.15) is 0 Å². The van der Waals surface area contributed by atoms with E-state index in [2.05, 4.69) is 0 Å². The minimum Gasteiger partial charge on any atom is -0.490 e. The van der Waals surface area contributed by atoms with Crippen molar-refractivity contribution in [2.45, 2.75) is 6.92 Å². The van der Waals surface area contributed by atoms with Crippen LogP contribution in [0.1, 0.15) is 11.1 Å². The quantitative estimate of drug-likeness (QED) is 0.190. The number of hydrogen-bond acceptors (Lipinski definition) is 7. The fourth-order valence-corrected chi connectivity index (χ4v) is 3.89. The lowest BCUT2D eigenvalue weighted by molar-refractivity contribution is -0.384. The van der Waals surface area contributed by atoms with Crippen LogP contribution in [0.25, 0.3) is 6.08 Å². The zero-order chi connectivity index (χ0) is 21.8. The second-order valence-electron chi connectivity index (χ2n) is 6.33. The van der Waals surface area contributed by atoms with Crippen molar-refractivity contribution in [2.24, 2.45) is 0 Å². The van der Waals surface area contributed by atoms with Gasteiger partial charge in [0.15, 0.2) is 0 Å². The zero-order valence-electron chi connectivity index (χ0n) is 16.1. The summed E-state index contributed by atoms with van der Waals surface area (Å²) in [5.41, 5.74) is 1.22. The van der Waals surface area contributed by atoms with Crippen LogP contribution in [0.2, 0.25) is 5.02 Å². The van der Waals surface area contributed by atoms with Gasteiger partial charge in [0.05, 0.1) is 9.83 Å². The smallest absolute Gasteiger partial charge is 0.270 e. The van der Waals surface area contributed by atoms with Gasteiger partial charge in [-0.1, -0.05) is 35.6 Å². The number of thioether (sulfide) groups is 1. The first-order chi connectivity index (χ1) is 14.3. The molecule has 1 aliphatic rings. The van der Waals surface area contributed by atoms with Gasteiger partial charge in [-0.05, 0) is 42.8 Å². The van der Waals surface area contributed by atoms with E-state index in [9.17, 15) is 14.9 Å². The molecule has 0 aromatic heterocycles. The van der Waals surface area contributed by atoms with Gasteiger partial charge >= 0.3 is 0 Å². The number of rotatable bonds is 7. The number of benzene rings is 2. The zero-order valence-corrected chi connectivity index (χ0v) is 18.5. The predicted molar refractivity (Wildman–Crippen MR) is 121 cm³/mol. The maximum atomic E-state index is 12.3. The maximum Gasteiger partial charge on any atom is 0.270 e. The Morgan fingerprint density at radius 3 is 2.60 bits per heavy atom. The highest BCUT2D eigenvalue weighted by Crippen LogP contribution is 2.34. The Morgan fingerprint density at radius 1 is 1.23 bits per heavy atom. The second-order valence-corrected chi connectivity index (χ2v) is 8.41. The first kappa shape index (κ1) is 22.1. The molecule has 0 spiro atoms. The number of nitro groups is 1. The molecule has 10 heteroatoms. The van der Waals surface area contributed by atoms with Crippen molar-refractivity contribution >= 4 is 57.6 Å². The number of aryl methyl sites for hydroxylation is 1. The number of hydrogen-bond donors (Lipinski definition) is 0. The number of carbonyl (C=O) groups is 1. The van der Waals surface area contributed by atoms with Gasteiger partial charge in [0.25, 0.3) is 11.6 Å². The topological polar surface area (TPSA) is 81.9 Å². The molecule has 0 atom stereocenters. The Kier molecular flexibility index (Phi) is 6.96. The Morgan fingerprint density at radius 2 is 1.97 bits per heavy atom. The molecule has 2 aromatic carbocycles. The lowest BCUT2D eigenvalue weighted by Gasteiger charge is -2.11. The normalized spacial score (nSPS) is 15.0. The summed E-state index contributed by atoms with van der Waals surface area (Å²) in [4.78, 5) is 24.6. The van der Waals surface area contributed by atoms with Gasteiger partial charge in [-0.25, -0.2) is 0 Å². The van der Waals surface area contributed by atoms with Crippen molar-refractivity contribution in [1.82, 2.24) is 4.90 Å². The molecule has 0 unspecified atom stereocenters. The van der Waals surface area contributed by atoms with Crippen LogP contribution in [0.5, 0.6) is 11.5 Å². The summed E-state index contributed by atoms with van der Waals surface area (Å²) in [6, 6.07) is 9.56. The summed E-state index contributed by atoms with van der Waals surface area (Å²) in [5, 5.41) is 11.8. The van der Waals surface area contributed by atoms with Gasteiger partial charge in [-0.3, -0.25) is 19.8 Å². The average Bonchev–Trinajstić information content (AvgIpc) is 2.95. The molecule has 0 bridgehead atoms.